The summed E-state index contributed by atoms with van der Waals surface area (Å²) in [6.45, 7) is 8.25. The van der Waals surface area contributed by atoms with Crippen LogP contribution in [0.15, 0.2) is 0 Å². The molecule has 0 atom stereocenters. The molecule has 1 N–H and O–H groups in total. The van der Waals surface area contributed by atoms with Gasteiger partial charge in [0.1, 0.15) is 0 Å². The second-order valence-corrected chi connectivity index (χ2v) is 5.50. The molecule has 0 aromatic rings. The molecule has 90 valence electrons. The van der Waals surface area contributed by atoms with E-state index in [1.54, 1.807) is 0 Å². The molecule has 0 aromatic heterocycles. The summed E-state index contributed by atoms with van der Waals surface area (Å²) in [5.74, 6) is 1.07. The standard InChI is InChI=1S/C13H26N.H2O/c1-2-14(10-6-7-11-14)12-13-8-4-3-5-9-13;/h13H,2-12H2,1H3;1H2/q+1;/p-1. The van der Waals surface area contributed by atoms with E-state index in [0.29, 0.717) is 0 Å². The van der Waals surface area contributed by atoms with Crippen molar-refractivity contribution in [3.05, 3.63) is 0 Å². The number of hydrogen-bond donors (Lipinski definition) is 0. The second-order valence-electron chi connectivity index (χ2n) is 5.50. The molecule has 0 amide bonds. The minimum atomic E-state index is 0. The maximum Gasteiger partial charge on any atom is 0.0815 e. The summed E-state index contributed by atoms with van der Waals surface area (Å²) >= 11 is 0. The molecular formula is C13H27NO. The van der Waals surface area contributed by atoms with Crippen LogP contribution in [-0.2, 0) is 0 Å². The van der Waals surface area contributed by atoms with Crippen LogP contribution in [-0.4, -0.2) is 36.1 Å². The van der Waals surface area contributed by atoms with Crippen LogP contribution in [0.2, 0.25) is 0 Å². The van der Waals surface area contributed by atoms with Crippen molar-refractivity contribution in [2.24, 2.45) is 5.92 Å². The van der Waals surface area contributed by atoms with Gasteiger partial charge in [-0.1, -0.05) is 19.3 Å². The molecule has 2 aliphatic rings. The molecule has 2 heteroatoms. The first kappa shape index (κ1) is 13.0. The van der Waals surface area contributed by atoms with Crippen molar-refractivity contribution in [2.45, 2.75) is 51.9 Å². The molecule has 1 saturated carbocycles. The van der Waals surface area contributed by atoms with E-state index < -0.39 is 0 Å². The molecule has 2 rings (SSSR count). The molecule has 15 heavy (non-hydrogen) atoms. The molecule has 0 bridgehead atoms. The first-order valence-electron chi connectivity index (χ1n) is 6.70. The summed E-state index contributed by atoms with van der Waals surface area (Å²) in [4.78, 5) is 0. The van der Waals surface area contributed by atoms with Gasteiger partial charge in [0.05, 0.1) is 26.2 Å². The fourth-order valence-electron chi connectivity index (χ4n) is 3.55. The number of hydrogen-bond acceptors (Lipinski definition) is 1. The Morgan fingerprint density at radius 3 is 2.07 bits per heavy atom. The third-order valence-corrected chi connectivity index (χ3v) is 4.56. The van der Waals surface area contributed by atoms with Crippen LogP contribution in [0.3, 0.4) is 0 Å². The average Bonchev–Trinajstić information content (AvgIpc) is 2.69. The first-order valence-corrected chi connectivity index (χ1v) is 6.70. The van der Waals surface area contributed by atoms with Gasteiger partial charge in [-0.15, -0.1) is 0 Å². The Bertz CT molecular complexity index is 169. The highest BCUT2D eigenvalue weighted by molar-refractivity contribution is 4.67. The Morgan fingerprint density at radius 1 is 0.933 bits per heavy atom. The van der Waals surface area contributed by atoms with Crippen molar-refractivity contribution in [3.8, 4) is 0 Å². The Hall–Kier alpha value is -0.0800. The molecule has 0 spiro atoms. The minimum absolute atomic E-state index is 0. The van der Waals surface area contributed by atoms with Crippen molar-refractivity contribution in [1.29, 1.82) is 0 Å². The van der Waals surface area contributed by atoms with Crippen molar-refractivity contribution >= 4 is 0 Å². The average molecular weight is 213 g/mol. The van der Waals surface area contributed by atoms with E-state index >= 15 is 0 Å². The Kier molecular flexibility index (Phi) is 5.07. The van der Waals surface area contributed by atoms with Gasteiger partial charge in [-0.2, -0.15) is 0 Å². The van der Waals surface area contributed by atoms with E-state index in [4.69, 9.17) is 0 Å². The number of nitrogens with zero attached hydrogens (tertiary/aromatic N) is 1. The van der Waals surface area contributed by atoms with Crippen LogP contribution in [0.4, 0.5) is 0 Å². The van der Waals surface area contributed by atoms with Gasteiger partial charge in [-0.25, -0.2) is 0 Å². The van der Waals surface area contributed by atoms with Crippen LogP contribution >= 0.6 is 0 Å². The highest BCUT2D eigenvalue weighted by Crippen LogP contribution is 2.29. The van der Waals surface area contributed by atoms with E-state index in [-0.39, 0.29) is 5.48 Å². The Balaban J connectivity index is 0.00000112. The van der Waals surface area contributed by atoms with E-state index in [0.717, 1.165) is 5.92 Å². The lowest BCUT2D eigenvalue weighted by Gasteiger charge is -2.37. The first-order chi connectivity index (χ1) is 6.85. The second kappa shape index (κ2) is 5.86. The van der Waals surface area contributed by atoms with E-state index in [1.165, 1.54) is 75.6 Å². The molecule has 2 fully saturated rings. The zero-order valence-electron chi connectivity index (χ0n) is 10.2. The van der Waals surface area contributed by atoms with E-state index in [2.05, 4.69) is 6.92 Å². The van der Waals surface area contributed by atoms with Crippen LogP contribution in [0, 0.1) is 5.92 Å². The van der Waals surface area contributed by atoms with Gasteiger partial charge in [0, 0.05) is 18.8 Å². The van der Waals surface area contributed by atoms with Crippen LogP contribution in [0.1, 0.15) is 51.9 Å². The van der Waals surface area contributed by atoms with Gasteiger partial charge in [-0.3, -0.25) is 0 Å². The quantitative estimate of drug-likeness (QED) is 0.663. The van der Waals surface area contributed by atoms with Crippen molar-refractivity contribution < 1.29 is 9.96 Å². The summed E-state index contributed by atoms with van der Waals surface area (Å²) < 4.78 is 1.46. The molecule has 1 aliphatic heterocycles. The Morgan fingerprint density at radius 2 is 1.53 bits per heavy atom. The van der Waals surface area contributed by atoms with Gasteiger partial charge in [0.15, 0.2) is 0 Å². The van der Waals surface area contributed by atoms with Crippen LogP contribution in [0.25, 0.3) is 0 Å². The lowest BCUT2D eigenvalue weighted by Crippen LogP contribution is -2.48. The summed E-state index contributed by atoms with van der Waals surface area (Å²) in [5.41, 5.74) is 0. The summed E-state index contributed by atoms with van der Waals surface area (Å²) in [5, 5.41) is 0. The molecule has 1 saturated heterocycles. The zero-order chi connectivity index (χ0) is 9.86. The largest absolute Gasteiger partial charge is 0.870 e. The predicted molar refractivity (Wildman–Crippen MR) is 63.1 cm³/mol. The summed E-state index contributed by atoms with van der Waals surface area (Å²) in [6.07, 6.45) is 10.5. The third kappa shape index (κ3) is 3.18. The fraction of sp³-hybridized carbons (Fsp3) is 1.00. The monoisotopic (exact) mass is 213 g/mol. The van der Waals surface area contributed by atoms with Crippen LogP contribution < -0.4 is 0 Å². The van der Waals surface area contributed by atoms with Crippen molar-refractivity contribution in [2.75, 3.05) is 26.2 Å². The summed E-state index contributed by atoms with van der Waals surface area (Å²) in [6, 6.07) is 0. The van der Waals surface area contributed by atoms with E-state index in [1.807, 2.05) is 0 Å². The number of likely N-dealkylation sites (tertiary alicyclic amines) is 1. The third-order valence-electron chi connectivity index (χ3n) is 4.56. The normalized spacial score (nSPS) is 26.2. The van der Waals surface area contributed by atoms with Gasteiger partial charge in [0.2, 0.25) is 0 Å². The molecule has 0 unspecified atom stereocenters. The SMILES string of the molecule is CC[N+]1(CC2CCCCC2)CCCC1.[OH-]. The Labute approximate surface area is 94.6 Å². The molecule has 2 nitrogen and oxygen atoms in total. The molecule has 0 aromatic carbocycles. The van der Waals surface area contributed by atoms with Crippen molar-refractivity contribution in [1.82, 2.24) is 0 Å². The molecule has 1 heterocycles. The minimum Gasteiger partial charge on any atom is -0.870 e. The lowest BCUT2D eigenvalue weighted by molar-refractivity contribution is -0.918. The van der Waals surface area contributed by atoms with Crippen LogP contribution in [0.5, 0.6) is 0 Å². The maximum absolute atomic E-state index is 2.40. The van der Waals surface area contributed by atoms with Gasteiger partial charge in [-0.05, 0) is 19.8 Å². The lowest BCUT2D eigenvalue weighted by atomic mass is 9.88. The van der Waals surface area contributed by atoms with Gasteiger partial charge < -0.3 is 9.96 Å². The zero-order valence-corrected chi connectivity index (χ0v) is 10.2. The topological polar surface area (TPSA) is 30.0 Å². The molecular weight excluding hydrogens is 186 g/mol. The smallest absolute Gasteiger partial charge is 0.0815 e. The van der Waals surface area contributed by atoms with Gasteiger partial charge >= 0.3 is 0 Å². The number of quaternary nitrogens is 1. The van der Waals surface area contributed by atoms with Crippen molar-refractivity contribution in [3.63, 3.8) is 0 Å². The number of rotatable bonds is 3. The summed E-state index contributed by atoms with van der Waals surface area (Å²) in [7, 11) is 0. The maximum atomic E-state index is 2.40. The molecule has 0 radical (unpaired) electrons. The van der Waals surface area contributed by atoms with Gasteiger partial charge in [0.25, 0.3) is 0 Å². The highest BCUT2D eigenvalue weighted by Gasteiger charge is 2.33. The van der Waals surface area contributed by atoms with E-state index in [9.17, 15) is 0 Å². The predicted octanol–water partition coefficient (Wildman–Crippen LogP) is 3.02. The highest BCUT2D eigenvalue weighted by atomic mass is 16.0. The fourth-order valence-corrected chi connectivity index (χ4v) is 3.55. The molecule has 1 aliphatic carbocycles.